The molecule has 0 spiro atoms. The lowest BCUT2D eigenvalue weighted by atomic mass is 10.2. The zero-order valence-electron chi connectivity index (χ0n) is 17.5. The molecule has 0 bridgehead atoms. The highest BCUT2D eigenvalue weighted by Crippen LogP contribution is 2.23. The fraction of sp³-hybridized carbons (Fsp3) is 0.286. The molecule has 1 fully saturated rings. The van der Waals surface area contributed by atoms with Gasteiger partial charge in [0.1, 0.15) is 0 Å². The molecule has 0 atom stereocenters. The van der Waals surface area contributed by atoms with Gasteiger partial charge in [0.15, 0.2) is 0 Å². The van der Waals surface area contributed by atoms with Gasteiger partial charge in [0.05, 0.1) is 26.5 Å². The number of anilines is 1. The number of aromatic nitrogens is 2. The van der Waals surface area contributed by atoms with E-state index in [0.29, 0.717) is 42.7 Å². The molecule has 2 heterocycles. The first kappa shape index (κ1) is 23.0. The third-order valence-electron chi connectivity index (χ3n) is 5.33. The molecule has 174 valence electrons. The number of nitrogens with zero attached hydrogens (tertiary/aromatic N) is 1. The van der Waals surface area contributed by atoms with E-state index < -0.39 is 15.9 Å². The van der Waals surface area contributed by atoms with Crippen LogP contribution in [0.4, 0.5) is 5.69 Å². The number of sulfonamides is 1. The topological polar surface area (TPSA) is 144 Å². The number of fused-ring (bicyclic) bond motifs is 1. The van der Waals surface area contributed by atoms with Crippen molar-refractivity contribution in [1.29, 1.82) is 0 Å². The smallest absolute Gasteiger partial charge is 0.323 e. The van der Waals surface area contributed by atoms with Gasteiger partial charge in [0, 0.05) is 31.7 Å². The Morgan fingerprint density at radius 2 is 1.88 bits per heavy atom. The van der Waals surface area contributed by atoms with E-state index in [1.165, 1.54) is 18.2 Å². The molecule has 4 N–H and O–H groups in total. The van der Waals surface area contributed by atoms with Crippen molar-refractivity contribution in [2.75, 3.05) is 25.0 Å². The summed E-state index contributed by atoms with van der Waals surface area (Å²) in [5.41, 5.74) is 1.13. The van der Waals surface area contributed by atoms with Crippen molar-refractivity contribution in [3.63, 3.8) is 0 Å². The van der Waals surface area contributed by atoms with Crippen molar-refractivity contribution in [2.24, 2.45) is 0 Å². The average Bonchev–Trinajstić information content (AvgIpc) is 3.35. The van der Waals surface area contributed by atoms with E-state index in [-0.39, 0.29) is 33.6 Å². The first-order chi connectivity index (χ1) is 15.7. The number of hydrogen-bond acceptors (Lipinski definition) is 5. The number of aromatic amines is 2. The molecule has 0 aliphatic carbocycles. The molecular weight excluding hydrogens is 470 g/mol. The van der Waals surface area contributed by atoms with Crippen LogP contribution in [0.25, 0.3) is 11.0 Å². The quantitative estimate of drug-likeness (QED) is 0.356. The van der Waals surface area contributed by atoms with Gasteiger partial charge in [-0.25, -0.2) is 17.9 Å². The van der Waals surface area contributed by atoms with Gasteiger partial charge >= 0.3 is 5.69 Å². The van der Waals surface area contributed by atoms with E-state index >= 15 is 0 Å². The van der Waals surface area contributed by atoms with Gasteiger partial charge in [0.2, 0.25) is 15.9 Å². The van der Waals surface area contributed by atoms with Crippen molar-refractivity contribution >= 4 is 50.2 Å². The number of rotatable bonds is 8. The minimum Gasteiger partial charge on any atom is -0.343 e. The van der Waals surface area contributed by atoms with Gasteiger partial charge < -0.3 is 20.2 Å². The van der Waals surface area contributed by atoms with Crippen LogP contribution in [0.2, 0.25) is 5.02 Å². The van der Waals surface area contributed by atoms with E-state index in [4.69, 9.17) is 11.6 Å². The van der Waals surface area contributed by atoms with E-state index in [1.807, 2.05) is 0 Å². The van der Waals surface area contributed by atoms with Crippen LogP contribution in [0.3, 0.4) is 0 Å². The predicted octanol–water partition coefficient (Wildman–Crippen LogP) is 2.05. The van der Waals surface area contributed by atoms with E-state index in [1.54, 1.807) is 23.1 Å². The van der Waals surface area contributed by atoms with Gasteiger partial charge in [-0.1, -0.05) is 11.6 Å². The number of carbonyl (C=O) groups excluding carboxylic acids is 2. The van der Waals surface area contributed by atoms with E-state index in [2.05, 4.69) is 20.0 Å². The first-order valence-corrected chi connectivity index (χ1v) is 12.2. The molecule has 0 radical (unpaired) electrons. The molecule has 1 saturated heterocycles. The van der Waals surface area contributed by atoms with Crippen molar-refractivity contribution in [3.8, 4) is 0 Å². The van der Waals surface area contributed by atoms with Crippen LogP contribution < -0.4 is 15.7 Å². The van der Waals surface area contributed by atoms with Crippen LogP contribution >= 0.6 is 11.6 Å². The molecule has 1 aliphatic rings. The van der Waals surface area contributed by atoms with Crippen molar-refractivity contribution in [1.82, 2.24) is 19.6 Å². The Morgan fingerprint density at radius 1 is 1.09 bits per heavy atom. The fourth-order valence-corrected chi connectivity index (χ4v) is 4.96. The van der Waals surface area contributed by atoms with Crippen LogP contribution in [0, 0.1) is 0 Å². The van der Waals surface area contributed by atoms with Crippen LogP contribution in [0.15, 0.2) is 46.1 Å². The summed E-state index contributed by atoms with van der Waals surface area (Å²) in [4.78, 5) is 42.6. The summed E-state index contributed by atoms with van der Waals surface area (Å²) >= 11 is 6.15. The number of likely N-dealkylation sites (tertiary alicyclic amines) is 1. The number of halogens is 1. The maximum atomic E-state index is 12.8. The monoisotopic (exact) mass is 491 g/mol. The number of nitrogens with one attached hydrogen (secondary N) is 4. The first-order valence-electron chi connectivity index (χ1n) is 10.3. The lowest BCUT2D eigenvalue weighted by Crippen LogP contribution is -2.30. The second-order valence-corrected chi connectivity index (χ2v) is 9.85. The van der Waals surface area contributed by atoms with Gasteiger partial charge in [-0.2, -0.15) is 0 Å². The molecule has 4 rings (SSSR count). The number of hydrogen-bond donors (Lipinski definition) is 4. The number of amides is 2. The highest BCUT2D eigenvalue weighted by atomic mass is 35.5. The minimum atomic E-state index is -3.88. The number of imidazole rings is 1. The molecular formula is C21H22ClN5O5S. The predicted molar refractivity (Wildman–Crippen MR) is 124 cm³/mol. The van der Waals surface area contributed by atoms with E-state index in [0.717, 1.165) is 6.42 Å². The summed E-state index contributed by atoms with van der Waals surface area (Å²) in [6, 6.07) is 8.69. The molecule has 2 amide bonds. The summed E-state index contributed by atoms with van der Waals surface area (Å²) < 4.78 is 27.9. The zero-order valence-corrected chi connectivity index (χ0v) is 19.1. The molecule has 1 aliphatic heterocycles. The zero-order chi connectivity index (χ0) is 23.6. The molecule has 0 saturated carbocycles. The Balaban J connectivity index is 1.43. The summed E-state index contributed by atoms with van der Waals surface area (Å²) in [6.07, 6.45) is 1.85. The SMILES string of the molecule is O=C(Nc1ccc2[nH]c(=O)[nH]c2c1)c1cc(S(=O)(=O)NCCCN2CCCC2=O)ccc1Cl. The molecule has 12 heteroatoms. The maximum absolute atomic E-state index is 12.8. The normalized spacial score (nSPS) is 14.2. The second-order valence-electron chi connectivity index (χ2n) is 7.67. The Labute approximate surface area is 194 Å². The molecule has 3 aromatic rings. The van der Waals surface area contributed by atoms with Crippen molar-refractivity contribution < 1.29 is 18.0 Å². The molecule has 10 nitrogen and oxygen atoms in total. The summed E-state index contributed by atoms with van der Waals surface area (Å²) in [5, 5.41) is 2.75. The van der Waals surface area contributed by atoms with Crippen LogP contribution in [-0.4, -0.2) is 54.7 Å². The average molecular weight is 492 g/mol. The molecule has 0 unspecified atom stereocenters. The molecule has 33 heavy (non-hydrogen) atoms. The van der Waals surface area contributed by atoms with Crippen LogP contribution in [-0.2, 0) is 14.8 Å². The summed E-state index contributed by atoms with van der Waals surface area (Å²) in [6.45, 7) is 1.35. The Kier molecular flexibility index (Phi) is 6.54. The van der Waals surface area contributed by atoms with Gasteiger partial charge in [-0.05, 0) is 49.2 Å². The lowest BCUT2D eigenvalue weighted by molar-refractivity contribution is -0.127. The third-order valence-corrected chi connectivity index (χ3v) is 7.12. The van der Waals surface area contributed by atoms with Crippen LogP contribution in [0.1, 0.15) is 29.6 Å². The summed E-state index contributed by atoms with van der Waals surface area (Å²) in [5.74, 6) is -0.505. The maximum Gasteiger partial charge on any atom is 0.323 e. The van der Waals surface area contributed by atoms with Gasteiger partial charge in [-0.15, -0.1) is 0 Å². The Morgan fingerprint density at radius 3 is 2.64 bits per heavy atom. The molecule has 2 aromatic carbocycles. The molecule has 1 aromatic heterocycles. The van der Waals surface area contributed by atoms with E-state index in [9.17, 15) is 22.8 Å². The standard InChI is InChI=1S/C21H22ClN5O5S/c22-16-6-5-14(33(31,32)23-8-2-10-27-9-1-3-19(27)28)12-15(16)20(29)24-13-4-7-17-18(11-13)26-21(30)25-17/h4-7,11-12,23H,1-3,8-10H2,(H,24,29)(H2,25,26,30). The second kappa shape index (κ2) is 9.38. The number of H-pyrrole nitrogens is 2. The van der Waals surface area contributed by atoms with Crippen molar-refractivity contribution in [2.45, 2.75) is 24.2 Å². The van der Waals surface area contributed by atoms with Crippen LogP contribution in [0.5, 0.6) is 0 Å². The Hall–Kier alpha value is -3.15. The number of benzene rings is 2. The lowest BCUT2D eigenvalue weighted by Gasteiger charge is -2.15. The minimum absolute atomic E-state index is 0.00939. The third kappa shape index (κ3) is 5.27. The highest BCUT2D eigenvalue weighted by Gasteiger charge is 2.21. The van der Waals surface area contributed by atoms with Gasteiger partial charge in [-0.3, -0.25) is 9.59 Å². The van der Waals surface area contributed by atoms with Crippen molar-refractivity contribution in [3.05, 3.63) is 57.5 Å². The van der Waals surface area contributed by atoms with Gasteiger partial charge in [0.25, 0.3) is 5.91 Å². The fourth-order valence-electron chi connectivity index (χ4n) is 3.65. The summed E-state index contributed by atoms with van der Waals surface area (Å²) in [7, 11) is -3.88. The highest BCUT2D eigenvalue weighted by molar-refractivity contribution is 7.89. The number of carbonyl (C=O) groups is 2. The Bertz CT molecular complexity index is 1380. The largest absolute Gasteiger partial charge is 0.343 e.